The molecule has 3 aromatic rings. The second kappa shape index (κ2) is 12.2. The first-order chi connectivity index (χ1) is 19.2. The minimum Gasteiger partial charge on any atom is -0.406 e. The van der Waals surface area contributed by atoms with E-state index in [-0.39, 0.29) is 17.2 Å². The molecule has 0 radical (unpaired) electrons. The number of nitrogens with one attached hydrogen (secondary N) is 1. The van der Waals surface area contributed by atoms with E-state index in [9.17, 15) is 18.0 Å². The summed E-state index contributed by atoms with van der Waals surface area (Å²) < 4.78 is 61.8. The molecule has 11 heteroatoms. The molecule has 0 unspecified atom stereocenters. The van der Waals surface area contributed by atoms with Crippen LogP contribution in [-0.2, 0) is 11.3 Å². The van der Waals surface area contributed by atoms with E-state index >= 15 is 4.39 Å². The van der Waals surface area contributed by atoms with E-state index in [0.29, 0.717) is 18.8 Å². The Bertz CT molecular complexity index is 1290. The highest BCUT2D eigenvalue weighted by atomic mass is 19.4. The molecule has 40 heavy (non-hydrogen) atoms. The van der Waals surface area contributed by atoms with Crippen LogP contribution in [-0.4, -0.2) is 67.6 Å². The van der Waals surface area contributed by atoms with E-state index in [1.165, 1.54) is 24.3 Å². The molecule has 2 aliphatic rings. The Kier molecular flexibility index (Phi) is 8.51. The van der Waals surface area contributed by atoms with Crippen molar-refractivity contribution in [3.8, 4) is 16.9 Å². The molecule has 2 aromatic carbocycles. The summed E-state index contributed by atoms with van der Waals surface area (Å²) in [6.07, 6.45) is -1.45. The minimum atomic E-state index is -4.81. The summed E-state index contributed by atoms with van der Waals surface area (Å²) in [5.41, 5.74) is 1.47. The Morgan fingerprint density at radius 2 is 1.73 bits per heavy atom. The summed E-state index contributed by atoms with van der Waals surface area (Å²) in [7, 11) is 0. The van der Waals surface area contributed by atoms with Gasteiger partial charge < -0.3 is 19.7 Å². The fourth-order valence-corrected chi connectivity index (χ4v) is 5.01. The van der Waals surface area contributed by atoms with Crippen molar-refractivity contribution < 1.29 is 31.8 Å². The number of rotatable bonds is 7. The van der Waals surface area contributed by atoms with Crippen molar-refractivity contribution in [2.24, 2.45) is 0 Å². The van der Waals surface area contributed by atoms with Crippen LogP contribution in [0.4, 0.5) is 23.4 Å². The van der Waals surface area contributed by atoms with Crippen molar-refractivity contribution in [3.05, 3.63) is 77.7 Å². The number of halogens is 4. The second-order valence-electron chi connectivity index (χ2n) is 9.89. The molecule has 0 atom stereocenters. The van der Waals surface area contributed by atoms with Crippen LogP contribution >= 0.6 is 0 Å². The first-order valence-corrected chi connectivity index (χ1v) is 13.2. The quantitative estimate of drug-likeness (QED) is 0.411. The fraction of sp³-hybridized carbons (Fsp3) is 0.379. The average Bonchev–Trinajstić information content (AvgIpc) is 2.95. The third-order valence-electron chi connectivity index (χ3n) is 7.12. The van der Waals surface area contributed by atoms with E-state index < -0.39 is 23.8 Å². The number of carbonyl (C=O) groups excluding carboxylic acids is 1. The molecule has 2 saturated heterocycles. The highest BCUT2D eigenvalue weighted by Crippen LogP contribution is 2.29. The van der Waals surface area contributed by atoms with Gasteiger partial charge in [0.05, 0.1) is 18.8 Å². The Balaban J connectivity index is 1.14. The highest BCUT2D eigenvalue weighted by molar-refractivity contribution is 5.96. The summed E-state index contributed by atoms with van der Waals surface area (Å²) in [5, 5.41) is 2.94. The van der Waals surface area contributed by atoms with Gasteiger partial charge in [0.15, 0.2) is 0 Å². The second-order valence-corrected chi connectivity index (χ2v) is 9.89. The summed E-state index contributed by atoms with van der Waals surface area (Å²) in [5.74, 6) is -0.692. The van der Waals surface area contributed by atoms with Crippen molar-refractivity contribution in [1.29, 1.82) is 0 Å². The van der Waals surface area contributed by atoms with Crippen LogP contribution in [0.3, 0.4) is 0 Å². The third kappa shape index (κ3) is 7.08. The number of carbonyl (C=O) groups is 1. The molecule has 212 valence electrons. The average molecular weight is 559 g/mol. The van der Waals surface area contributed by atoms with Gasteiger partial charge in [0.1, 0.15) is 17.4 Å². The predicted octanol–water partition coefficient (Wildman–Crippen LogP) is 5.02. The van der Waals surface area contributed by atoms with E-state index in [1.54, 1.807) is 6.07 Å². The van der Waals surface area contributed by atoms with Gasteiger partial charge in [0, 0.05) is 50.5 Å². The lowest BCUT2D eigenvalue weighted by molar-refractivity contribution is -0.274. The lowest BCUT2D eigenvalue weighted by atomic mass is 10.0. The van der Waals surface area contributed by atoms with Crippen molar-refractivity contribution >= 4 is 11.7 Å². The molecule has 2 fully saturated rings. The minimum absolute atomic E-state index is 0.0903. The number of aromatic nitrogens is 1. The van der Waals surface area contributed by atoms with Gasteiger partial charge >= 0.3 is 6.36 Å². The number of benzene rings is 2. The Labute approximate surface area is 229 Å². The molecule has 1 aromatic heterocycles. The van der Waals surface area contributed by atoms with Crippen molar-refractivity contribution in [1.82, 2.24) is 15.2 Å². The Morgan fingerprint density at radius 3 is 2.38 bits per heavy atom. The lowest BCUT2D eigenvalue weighted by Crippen LogP contribution is -2.44. The standard InChI is InChI=1S/C29H30F4N4O3/c30-27-24(21-5-7-23(8-6-21)40-29(31,32)33)2-1-3-25(27)28(38)35-22-10-12-36(13-11-22)19-20-4-9-26(34-18-20)37-14-16-39-17-15-37/h1-9,18,22H,10-17,19H2,(H,35,38). The van der Waals surface area contributed by atoms with E-state index in [0.717, 1.165) is 69.1 Å². The molecule has 2 aliphatic heterocycles. The number of nitrogens with zero attached hydrogens (tertiary/aromatic N) is 3. The van der Waals surface area contributed by atoms with Gasteiger partial charge in [0.25, 0.3) is 5.91 Å². The normalized spacial score (nSPS) is 17.1. The molecule has 1 amide bonds. The maximum absolute atomic E-state index is 15.3. The number of piperidine rings is 1. The van der Waals surface area contributed by atoms with Crippen LogP contribution in [0.1, 0.15) is 28.8 Å². The smallest absolute Gasteiger partial charge is 0.406 e. The highest BCUT2D eigenvalue weighted by Gasteiger charge is 2.31. The first kappa shape index (κ1) is 27.9. The van der Waals surface area contributed by atoms with Crippen molar-refractivity contribution in [2.75, 3.05) is 44.3 Å². The molecule has 0 bridgehead atoms. The summed E-state index contributed by atoms with van der Waals surface area (Å²) in [4.78, 5) is 22.1. The van der Waals surface area contributed by atoms with E-state index in [1.807, 2.05) is 12.3 Å². The fourth-order valence-electron chi connectivity index (χ4n) is 5.01. The monoisotopic (exact) mass is 558 g/mol. The van der Waals surface area contributed by atoms with Gasteiger partial charge in [-0.2, -0.15) is 0 Å². The zero-order valence-corrected chi connectivity index (χ0v) is 21.8. The van der Waals surface area contributed by atoms with Crippen LogP contribution in [0.25, 0.3) is 11.1 Å². The summed E-state index contributed by atoms with van der Waals surface area (Å²) >= 11 is 0. The number of likely N-dealkylation sites (tertiary alicyclic amines) is 1. The molecular formula is C29H30F4N4O3. The molecule has 3 heterocycles. The van der Waals surface area contributed by atoms with Gasteiger partial charge in [-0.1, -0.05) is 30.3 Å². The van der Waals surface area contributed by atoms with Crippen LogP contribution < -0.4 is 15.0 Å². The molecule has 7 nitrogen and oxygen atoms in total. The number of pyridine rings is 1. The topological polar surface area (TPSA) is 66.9 Å². The first-order valence-electron chi connectivity index (χ1n) is 13.2. The zero-order valence-electron chi connectivity index (χ0n) is 21.8. The van der Waals surface area contributed by atoms with Gasteiger partial charge in [-0.05, 0) is 48.2 Å². The van der Waals surface area contributed by atoms with Crippen LogP contribution in [0, 0.1) is 5.82 Å². The van der Waals surface area contributed by atoms with Crippen molar-refractivity contribution in [2.45, 2.75) is 31.8 Å². The SMILES string of the molecule is O=C(NC1CCN(Cc2ccc(N3CCOCC3)nc2)CC1)c1cccc(-c2ccc(OC(F)(F)F)cc2)c1F. The van der Waals surface area contributed by atoms with Gasteiger partial charge in [0.2, 0.25) is 0 Å². The van der Waals surface area contributed by atoms with Gasteiger partial charge in [-0.25, -0.2) is 9.37 Å². The molecule has 0 spiro atoms. The van der Waals surface area contributed by atoms with Crippen LogP contribution in [0.2, 0.25) is 0 Å². The number of alkyl halides is 3. The number of ether oxygens (including phenoxy) is 2. The largest absolute Gasteiger partial charge is 0.573 e. The number of amides is 1. The van der Waals surface area contributed by atoms with Gasteiger partial charge in [-0.15, -0.1) is 13.2 Å². The number of hydrogen-bond acceptors (Lipinski definition) is 6. The Hall–Kier alpha value is -3.70. The van der Waals surface area contributed by atoms with E-state index in [2.05, 4.69) is 30.9 Å². The summed E-state index contributed by atoms with van der Waals surface area (Å²) in [6, 6.07) is 13.3. The van der Waals surface area contributed by atoms with Gasteiger partial charge in [-0.3, -0.25) is 9.69 Å². The number of morpholine rings is 1. The maximum atomic E-state index is 15.3. The third-order valence-corrected chi connectivity index (χ3v) is 7.12. The molecular weight excluding hydrogens is 528 g/mol. The molecule has 0 saturated carbocycles. The molecule has 5 rings (SSSR count). The van der Waals surface area contributed by atoms with Crippen LogP contribution in [0.15, 0.2) is 60.8 Å². The molecule has 1 N–H and O–H groups in total. The zero-order chi connectivity index (χ0) is 28.1. The summed E-state index contributed by atoms with van der Waals surface area (Å²) in [6.45, 7) is 5.44. The maximum Gasteiger partial charge on any atom is 0.573 e. The van der Waals surface area contributed by atoms with E-state index in [4.69, 9.17) is 4.74 Å². The predicted molar refractivity (Wildman–Crippen MR) is 142 cm³/mol. The molecule has 0 aliphatic carbocycles. The lowest BCUT2D eigenvalue weighted by Gasteiger charge is -2.32. The Morgan fingerprint density at radius 1 is 1.00 bits per heavy atom. The van der Waals surface area contributed by atoms with Crippen molar-refractivity contribution in [3.63, 3.8) is 0 Å². The number of anilines is 1. The number of hydrogen-bond donors (Lipinski definition) is 1. The van der Waals surface area contributed by atoms with Crippen LogP contribution in [0.5, 0.6) is 5.75 Å².